The highest BCUT2D eigenvalue weighted by atomic mass is 16.9. The van der Waals surface area contributed by atoms with E-state index in [1.165, 1.54) is 16.4 Å². The predicted octanol–water partition coefficient (Wildman–Crippen LogP) is 2.35. The maximum absolute atomic E-state index is 5.07. The molecule has 0 radical (unpaired) electrons. The van der Waals surface area contributed by atoms with Gasteiger partial charge in [0.05, 0.1) is 20.3 Å². The van der Waals surface area contributed by atoms with Gasteiger partial charge in [-0.15, -0.1) is 0 Å². The van der Waals surface area contributed by atoms with Crippen LogP contribution in [-0.4, -0.2) is 25.5 Å². The van der Waals surface area contributed by atoms with Crippen molar-refractivity contribution >= 4 is 0 Å². The number of hydrogen-bond acceptors (Lipinski definition) is 3. The minimum absolute atomic E-state index is 0.197. The van der Waals surface area contributed by atoms with Crippen molar-refractivity contribution in [1.82, 2.24) is 5.23 Å². The van der Waals surface area contributed by atoms with Crippen LogP contribution >= 0.6 is 0 Å². The molecule has 0 aliphatic rings. The molecule has 15 heavy (non-hydrogen) atoms. The molecule has 0 aliphatic carbocycles. The molecular weight excluding hydrogens is 190 g/mol. The van der Waals surface area contributed by atoms with E-state index in [2.05, 4.69) is 38.1 Å². The maximum atomic E-state index is 5.07. The van der Waals surface area contributed by atoms with Gasteiger partial charge in [-0.2, -0.15) is 0 Å². The lowest BCUT2D eigenvalue weighted by Gasteiger charge is -2.23. The van der Waals surface area contributed by atoms with E-state index in [0.717, 1.165) is 6.42 Å². The fourth-order valence-electron chi connectivity index (χ4n) is 1.57. The largest absolute Gasteiger partial charge is 0.277 e. The molecule has 1 unspecified atom stereocenters. The number of nitrogens with zero attached hydrogens (tertiary/aromatic N) is 1. The van der Waals surface area contributed by atoms with E-state index < -0.39 is 0 Å². The van der Waals surface area contributed by atoms with Crippen LogP contribution in [0.3, 0.4) is 0 Å². The summed E-state index contributed by atoms with van der Waals surface area (Å²) in [6.45, 7) is 4.15. The first-order chi connectivity index (χ1) is 7.17. The third-order valence-electron chi connectivity index (χ3n) is 2.37. The molecule has 3 nitrogen and oxygen atoms in total. The highest BCUT2D eigenvalue weighted by Crippen LogP contribution is 2.10. The fourth-order valence-corrected chi connectivity index (χ4v) is 1.57. The van der Waals surface area contributed by atoms with Gasteiger partial charge in [0, 0.05) is 0 Å². The standard InChI is InChI=1S/C12H19NO2/c1-10-5-7-12(8-6-10)9-11(2)13(14-3)15-4/h5-8,11H,9H2,1-4H3. The molecule has 0 heterocycles. The summed E-state index contributed by atoms with van der Waals surface area (Å²) in [4.78, 5) is 10.1. The summed E-state index contributed by atoms with van der Waals surface area (Å²) >= 11 is 0. The van der Waals surface area contributed by atoms with E-state index in [1.807, 2.05) is 0 Å². The van der Waals surface area contributed by atoms with Crippen LogP contribution in [0.15, 0.2) is 24.3 Å². The quantitative estimate of drug-likeness (QED) is 0.695. The van der Waals surface area contributed by atoms with Gasteiger partial charge in [-0.1, -0.05) is 35.1 Å². The molecule has 1 aromatic rings. The highest BCUT2D eigenvalue weighted by Gasteiger charge is 2.13. The number of hydrogen-bond donors (Lipinski definition) is 0. The molecule has 0 saturated carbocycles. The van der Waals surface area contributed by atoms with Crippen LogP contribution in [0.4, 0.5) is 0 Å². The van der Waals surface area contributed by atoms with Crippen LogP contribution in [0.5, 0.6) is 0 Å². The summed E-state index contributed by atoms with van der Waals surface area (Å²) in [5, 5.41) is 1.50. The lowest BCUT2D eigenvalue weighted by atomic mass is 10.1. The van der Waals surface area contributed by atoms with Gasteiger partial charge in [-0.3, -0.25) is 9.68 Å². The third-order valence-corrected chi connectivity index (χ3v) is 2.37. The zero-order valence-electron chi connectivity index (χ0n) is 9.86. The third kappa shape index (κ3) is 3.63. The van der Waals surface area contributed by atoms with Crippen molar-refractivity contribution in [3.63, 3.8) is 0 Å². The molecule has 0 spiro atoms. The molecule has 0 N–H and O–H groups in total. The van der Waals surface area contributed by atoms with Gasteiger partial charge in [-0.05, 0) is 25.8 Å². The molecule has 1 aromatic carbocycles. The molecule has 0 bridgehead atoms. The minimum atomic E-state index is 0.197. The Morgan fingerprint density at radius 1 is 1.13 bits per heavy atom. The first kappa shape index (κ1) is 12.2. The molecule has 0 aliphatic heterocycles. The summed E-state index contributed by atoms with van der Waals surface area (Å²) in [5.74, 6) is 0. The summed E-state index contributed by atoms with van der Waals surface area (Å²) in [6.07, 6.45) is 0.905. The zero-order valence-corrected chi connectivity index (χ0v) is 9.86. The van der Waals surface area contributed by atoms with E-state index in [9.17, 15) is 0 Å². The summed E-state index contributed by atoms with van der Waals surface area (Å²) in [5.41, 5.74) is 2.56. The highest BCUT2D eigenvalue weighted by molar-refractivity contribution is 5.21. The smallest absolute Gasteiger partial charge is 0.0640 e. The van der Waals surface area contributed by atoms with E-state index in [4.69, 9.17) is 9.68 Å². The predicted molar refractivity (Wildman–Crippen MR) is 60.2 cm³/mol. The Labute approximate surface area is 91.5 Å². The lowest BCUT2D eigenvalue weighted by molar-refractivity contribution is -0.361. The zero-order chi connectivity index (χ0) is 11.3. The second kappa shape index (κ2) is 5.85. The van der Waals surface area contributed by atoms with Crippen molar-refractivity contribution in [2.24, 2.45) is 0 Å². The normalized spacial score (nSPS) is 13.1. The van der Waals surface area contributed by atoms with Crippen LogP contribution in [-0.2, 0) is 16.1 Å². The van der Waals surface area contributed by atoms with Crippen molar-refractivity contribution in [1.29, 1.82) is 0 Å². The van der Waals surface area contributed by atoms with Crippen LogP contribution in [0.25, 0.3) is 0 Å². The topological polar surface area (TPSA) is 21.7 Å². The second-order valence-electron chi connectivity index (χ2n) is 3.69. The average molecular weight is 209 g/mol. The number of benzene rings is 1. The molecule has 3 heteroatoms. The van der Waals surface area contributed by atoms with Gasteiger partial charge in [-0.25, -0.2) is 0 Å². The molecule has 1 atom stereocenters. The van der Waals surface area contributed by atoms with Crippen LogP contribution < -0.4 is 0 Å². The average Bonchev–Trinajstić information content (AvgIpc) is 2.23. The van der Waals surface area contributed by atoms with Crippen LogP contribution in [0.1, 0.15) is 18.1 Å². The molecule has 84 valence electrons. The number of rotatable bonds is 5. The minimum Gasteiger partial charge on any atom is -0.277 e. The summed E-state index contributed by atoms with van der Waals surface area (Å²) in [7, 11) is 3.21. The van der Waals surface area contributed by atoms with Crippen molar-refractivity contribution < 1.29 is 9.68 Å². The molecule has 1 rings (SSSR count). The fraction of sp³-hybridized carbons (Fsp3) is 0.500. The second-order valence-corrected chi connectivity index (χ2v) is 3.69. The molecule has 0 amide bonds. The summed E-state index contributed by atoms with van der Waals surface area (Å²) < 4.78 is 0. The van der Waals surface area contributed by atoms with Gasteiger partial charge >= 0.3 is 0 Å². The maximum Gasteiger partial charge on any atom is 0.0640 e. The van der Waals surface area contributed by atoms with E-state index in [0.29, 0.717) is 0 Å². The van der Waals surface area contributed by atoms with Crippen LogP contribution in [0.2, 0.25) is 0 Å². The first-order valence-electron chi connectivity index (χ1n) is 5.10. The van der Waals surface area contributed by atoms with Crippen molar-refractivity contribution in [3.8, 4) is 0 Å². The molecular formula is C12H19NO2. The van der Waals surface area contributed by atoms with E-state index in [1.54, 1.807) is 14.2 Å². The van der Waals surface area contributed by atoms with E-state index in [-0.39, 0.29) is 6.04 Å². The summed E-state index contributed by atoms with van der Waals surface area (Å²) in [6, 6.07) is 8.70. The van der Waals surface area contributed by atoms with Gasteiger partial charge in [0.1, 0.15) is 0 Å². The van der Waals surface area contributed by atoms with Gasteiger partial charge < -0.3 is 0 Å². The Morgan fingerprint density at radius 2 is 1.67 bits per heavy atom. The van der Waals surface area contributed by atoms with Crippen LogP contribution in [0, 0.1) is 6.92 Å². The molecule has 0 saturated heterocycles. The van der Waals surface area contributed by atoms with Crippen molar-refractivity contribution in [3.05, 3.63) is 35.4 Å². The van der Waals surface area contributed by atoms with Gasteiger partial charge in [0.2, 0.25) is 0 Å². The van der Waals surface area contributed by atoms with Crippen molar-refractivity contribution in [2.75, 3.05) is 14.2 Å². The Hall–Kier alpha value is -0.900. The SMILES string of the molecule is CON(OC)C(C)Cc1ccc(C)cc1. The first-order valence-corrected chi connectivity index (χ1v) is 5.10. The molecule has 0 fully saturated rings. The van der Waals surface area contributed by atoms with E-state index >= 15 is 0 Å². The lowest BCUT2D eigenvalue weighted by Crippen LogP contribution is -2.32. The monoisotopic (exact) mass is 209 g/mol. The molecule has 0 aromatic heterocycles. The number of aryl methyl sites for hydroxylation is 1. The Morgan fingerprint density at radius 3 is 2.13 bits per heavy atom. The Bertz CT molecular complexity index is 280. The van der Waals surface area contributed by atoms with Crippen molar-refractivity contribution in [2.45, 2.75) is 26.3 Å². The van der Waals surface area contributed by atoms with Gasteiger partial charge in [0.15, 0.2) is 0 Å². The van der Waals surface area contributed by atoms with Gasteiger partial charge in [0.25, 0.3) is 0 Å². The number of hydroxylamine groups is 2. The Balaban J connectivity index is 2.57. The Kier molecular flexibility index (Phi) is 4.75.